The van der Waals surface area contributed by atoms with Crippen LogP contribution in [-0.4, -0.2) is 79.5 Å². The largest absolute Gasteiger partial charge is 0.393 e. The molecule has 0 radical (unpaired) electrons. The Morgan fingerprint density at radius 1 is 0.261 bits per heavy atom. The van der Waals surface area contributed by atoms with Gasteiger partial charge in [-0.2, -0.15) is 0 Å². The molecule has 12 fully saturated rings. The summed E-state index contributed by atoms with van der Waals surface area (Å²) >= 11 is 0. The molecule has 0 aromatic rings. The number of Topliss-reactive ketones (excluding diaryl/α,β-unsaturated/α-hetero) is 5. The van der Waals surface area contributed by atoms with Crippen LogP contribution in [0.15, 0.2) is 140 Å². The number of ketones is 6. The third-order valence-corrected chi connectivity index (χ3v) is 48.8. The second-order valence-electron chi connectivity index (χ2n) is 55.0. The van der Waals surface area contributed by atoms with Crippen LogP contribution in [0.2, 0.25) is 0 Å². The Morgan fingerprint density at radius 3 is 0.775 bits per heavy atom. The molecule has 0 heterocycles. The maximum Gasteiger partial charge on any atom is 0.156 e. The number of carbonyl (C=O) groups excluding carboxylic acids is 6. The van der Waals surface area contributed by atoms with E-state index in [9.17, 15) is 49.2 Å². The average molecular weight is 1880 g/mol. The van der Waals surface area contributed by atoms with Crippen molar-refractivity contribution in [2.24, 2.45) is 183 Å². The summed E-state index contributed by atoms with van der Waals surface area (Å²) in [6.07, 6.45) is 76.4. The molecule has 0 aromatic carbocycles. The highest BCUT2D eigenvalue weighted by Crippen LogP contribution is 2.74. The standard InChI is InChI=1S/2C22H32O.C21H32O2.2C21H30O2.C21H28O2/c2*1-14-9-11-21(3)16(13-14)5-6-17-19-8-7-18(15(2)23)22(19,4)12-10-20(17)21;4*1-13(22)17-6-7-18-16-5-4-14-12-15(23)8-10-20(14,2)19(16)9-11-21(17,18)3/h2*5,7,14,17,19-20H,6,8-13H2,1-4H3;4,6,13,15-16,18-19,22-23H,5,7-12H2,1-3H3;2*4,6,15-16,18-19,23H,5,7-12H2,1-3H3;6,12,16,18-19H,4-5,7-11H2,1-3H3. The van der Waals surface area contributed by atoms with Crippen LogP contribution in [-0.2, 0) is 28.8 Å². The maximum absolute atomic E-state index is 12.1. The Kier molecular flexibility index (Phi) is 27.2. The molecule has 10 nitrogen and oxygen atoms in total. The monoisotopic (exact) mass is 1880 g/mol. The molecule has 0 saturated heterocycles. The van der Waals surface area contributed by atoms with Crippen LogP contribution in [0.3, 0.4) is 0 Å². The van der Waals surface area contributed by atoms with Crippen LogP contribution in [0.4, 0.5) is 0 Å². The van der Waals surface area contributed by atoms with Gasteiger partial charge in [0.05, 0.1) is 24.4 Å². The van der Waals surface area contributed by atoms with Crippen LogP contribution in [0.25, 0.3) is 0 Å². The molecule has 36 unspecified atom stereocenters. The van der Waals surface area contributed by atoms with Crippen molar-refractivity contribution in [2.45, 2.75) is 433 Å². The maximum atomic E-state index is 12.1. The van der Waals surface area contributed by atoms with Crippen molar-refractivity contribution < 1.29 is 49.2 Å². The lowest BCUT2D eigenvalue weighted by Gasteiger charge is -2.58. The molecule has 0 bridgehead atoms. The van der Waals surface area contributed by atoms with Gasteiger partial charge < -0.3 is 20.4 Å². The molecule has 138 heavy (non-hydrogen) atoms. The summed E-state index contributed by atoms with van der Waals surface area (Å²) in [7, 11) is 0. The zero-order valence-corrected chi connectivity index (χ0v) is 89.7. The summed E-state index contributed by atoms with van der Waals surface area (Å²) in [5, 5.41) is 40.4. The highest BCUT2D eigenvalue weighted by Gasteiger charge is 2.66. The van der Waals surface area contributed by atoms with E-state index in [-0.39, 0.29) is 79.7 Å². The zero-order chi connectivity index (χ0) is 98.4. The van der Waals surface area contributed by atoms with E-state index in [0.717, 1.165) is 241 Å². The molecule has 756 valence electrons. The molecule has 4 N–H and O–H groups in total. The van der Waals surface area contributed by atoms with Gasteiger partial charge in [-0.15, -0.1) is 0 Å². The Balaban J connectivity index is 0.000000106. The number of aliphatic hydroxyl groups excluding tert-OH is 4. The molecule has 24 rings (SSSR count). The first-order chi connectivity index (χ1) is 65.2. The molecule has 0 spiro atoms. The first-order valence-electron chi connectivity index (χ1n) is 57.4. The predicted octanol–water partition coefficient (Wildman–Crippen LogP) is 29.2. The van der Waals surface area contributed by atoms with Crippen molar-refractivity contribution in [1.82, 2.24) is 0 Å². The van der Waals surface area contributed by atoms with Crippen molar-refractivity contribution in [3.05, 3.63) is 140 Å². The summed E-state index contributed by atoms with van der Waals surface area (Å²) < 4.78 is 0. The number of aliphatic hydroxyl groups is 4. The highest BCUT2D eigenvalue weighted by atomic mass is 16.3. The van der Waals surface area contributed by atoms with Crippen molar-refractivity contribution in [1.29, 1.82) is 0 Å². The Labute approximate surface area is 834 Å². The molecule has 12 saturated carbocycles. The van der Waals surface area contributed by atoms with E-state index in [1.54, 1.807) is 51.3 Å². The van der Waals surface area contributed by atoms with Crippen molar-refractivity contribution in [3.8, 4) is 0 Å². The summed E-state index contributed by atoms with van der Waals surface area (Å²) in [6, 6.07) is 0. The molecule has 10 heteroatoms. The van der Waals surface area contributed by atoms with Gasteiger partial charge in [-0.05, 0) is 528 Å². The molecular weight excluding hydrogens is 1700 g/mol. The van der Waals surface area contributed by atoms with Gasteiger partial charge in [0, 0.05) is 6.42 Å². The average Bonchev–Trinajstić information content (AvgIpc) is 1.50. The smallest absolute Gasteiger partial charge is 0.156 e. The molecule has 36 atom stereocenters. The van der Waals surface area contributed by atoms with Crippen molar-refractivity contribution in [2.75, 3.05) is 0 Å². The Morgan fingerprint density at radius 2 is 0.493 bits per heavy atom. The van der Waals surface area contributed by atoms with Crippen LogP contribution in [0, 0.1) is 183 Å². The number of allylic oxidation sites excluding steroid dienone is 20. The molecule has 24 aliphatic carbocycles. The van der Waals surface area contributed by atoms with Gasteiger partial charge in [0.25, 0.3) is 0 Å². The molecule has 0 aliphatic heterocycles. The van der Waals surface area contributed by atoms with Crippen LogP contribution in [0.5, 0.6) is 0 Å². The highest BCUT2D eigenvalue weighted by molar-refractivity contribution is 5.98. The van der Waals surface area contributed by atoms with Gasteiger partial charge >= 0.3 is 0 Å². The first-order valence-corrected chi connectivity index (χ1v) is 57.4. The number of hydrogen-bond donors (Lipinski definition) is 4. The van der Waals surface area contributed by atoms with E-state index in [1.807, 2.05) is 13.0 Å². The molecule has 0 aromatic heterocycles. The normalized spacial score (nSPS) is 48.4. The van der Waals surface area contributed by atoms with Crippen molar-refractivity contribution >= 4 is 34.7 Å². The SMILES string of the molecule is CC(=O)C1=CCC2C3CC=C4CC(C)CCC4(C)C3CCC12C.CC(=O)C1=CCC2C3CC=C4CC(C)CCC4(C)C3CCC12C.CC(=O)C1=CCC2C3CC=C4CC(O)CCC4(C)C3CCC12C.CC(=O)C1=CCC2C3CC=C4CC(O)CCC4(C)C3CCC12C.CC(=O)C1=CCC2C3CCC4=CC(=O)CCC4(C)C3CCC12C.CC(O)C1=CCC2C3CC=C4CC(O)CCC4(C)C3CCC12C. The second-order valence-corrected chi connectivity index (χ2v) is 55.0. The summed E-state index contributed by atoms with van der Waals surface area (Å²) in [5.74, 6) is 16.7. The number of rotatable bonds is 6. The number of hydrogen-bond acceptors (Lipinski definition) is 10. The lowest BCUT2D eigenvalue weighted by atomic mass is 9.47. The zero-order valence-electron chi connectivity index (χ0n) is 89.7. The van der Waals surface area contributed by atoms with E-state index in [4.69, 9.17) is 0 Å². The minimum atomic E-state index is -0.295. The van der Waals surface area contributed by atoms with Gasteiger partial charge in [-0.1, -0.05) is 197 Å². The lowest BCUT2D eigenvalue weighted by Crippen LogP contribution is -2.50. The van der Waals surface area contributed by atoms with Crippen molar-refractivity contribution in [3.63, 3.8) is 0 Å². The second kappa shape index (κ2) is 37.0. The quantitative estimate of drug-likeness (QED) is 0.187. The van der Waals surface area contributed by atoms with E-state index >= 15 is 0 Å². The fourth-order valence-electron chi connectivity index (χ4n) is 41.0. The first kappa shape index (κ1) is 101. The lowest BCUT2D eigenvalue weighted by molar-refractivity contribution is -0.118. The molecule has 24 aliphatic rings. The van der Waals surface area contributed by atoms with Crippen LogP contribution >= 0.6 is 0 Å². The van der Waals surface area contributed by atoms with E-state index < -0.39 is 0 Å². The summed E-state index contributed by atoms with van der Waals surface area (Å²) in [6.45, 7) is 44.7. The van der Waals surface area contributed by atoms with E-state index in [0.29, 0.717) is 97.7 Å². The minimum absolute atomic E-state index is 0.106. The Hall–Kier alpha value is -5.26. The third kappa shape index (κ3) is 16.4. The van der Waals surface area contributed by atoms with Crippen LogP contribution in [0.1, 0.15) is 408 Å². The molecular formula is C128H184O10. The summed E-state index contributed by atoms with van der Waals surface area (Å²) in [4.78, 5) is 72.3. The summed E-state index contributed by atoms with van der Waals surface area (Å²) in [5.41, 5.74) is 19.4. The Bertz CT molecular complexity index is 4820. The van der Waals surface area contributed by atoms with Gasteiger partial charge in [-0.3, -0.25) is 28.8 Å². The number of carbonyl (C=O) groups is 6. The van der Waals surface area contributed by atoms with Gasteiger partial charge in [0.2, 0.25) is 0 Å². The van der Waals surface area contributed by atoms with Gasteiger partial charge in [-0.25, -0.2) is 0 Å². The fourth-order valence-corrected chi connectivity index (χ4v) is 41.0. The fraction of sp³-hybridized carbons (Fsp3) is 0.766. The third-order valence-electron chi connectivity index (χ3n) is 48.8. The van der Waals surface area contributed by atoms with E-state index in [1.165, 1.54) is 144 Å². The predicted molar refractivity (Wildman–Crippen MR) is 557 cm³/mol. The minimum Gasteiger partial charge on any atom is -0.393 e. The topological polar surface area (TPSA) is 183 Å². The van der Waals surface area contributed by atoms with E-state index in [2.05, 4.69) is 164 Å². The van der Waals surface area contributed by atoms with Gasteiger partial charge in [0.15, 0.2) is 34.7 Å². The van der Waals surface area contributed by atoms with Crippen LogP contribution < -0.4 is 0 Å². The number of fused-ring (bicyclic) bond motifs is 30. The van der Waals surface area contributed by atoms with Gasteiger partial charge in [0.1, 0.15) is 0 Å². The molecule has 0 amide bonds.